The van der Waals surface area contributed by atoms with Crippen LogP contribution in [0.25, 0.3) is 11.8 Å². The molecule has 0 amide bonds. The minimum Gasteiger partial charge on any atom is -0.490 e. The van der Waals surface area contributed by atoms with E-state index < -0.39 is 11.9 Å². The van der Waals surface area contributed by atoms with Crippen LogP contribution >= 0.6 is 0 Å². The molecular formula is C27H22O6. The fourth-order valence-corrected chi connectivity index (χ4v) is 3.24. The minimum absolute atomic E-state index is 0.328. The molecule has 0 N–H and O–H groups in total. The van der Waals surface area contributed by atoms with Gasteiger partial charge in [-0.2, -0.15) is 0 Å². The number of para-hydroxylation sites is 1. The average Bonchev–Trinajstić information content (AvgIpc) is 3.17. The summed E-state index contributed by atoms with van der Waals surface area (Å²) in [5.41, 5.74) is 1.87. The maximum absolute atomic E-state index is 12.4. The molecule has 0 fully saturated rings. The van der Waals surface area contributed by atoms with Crippen molar-refractivity contribution in [3.05, 3.63) is 95.6 Å². The Morgan fingerprint density at radius 2 is 1.67 bits per heavy atom. The molecule has 1 heterocycles. The van der Waals surface area contributed by atoms with Gasteiger partial charge in [0, 0.05) is 12.5 Å². The zero-order valence-electron chi connectivity index (χ0n) is 18.2. The Balaban J connectivity index is 1.53. The first-order chi connectivity index (χ1) is 16.0. The first kappa shape index (κ1) is 21.9. The van der Waals surface area contributed by atoms with Gasteiger partial charge in [0.15, 0.2) is 11.5 Å². The Morgan fingerprint density at radius 1 is 0.939 bits per heavy atom. The molecule has 0 unspecified atom stereocenters. The van der Waals surface area contributed by atoms with Crippen LogP contribution in [0.3, 0.4) is 0 Å². The number of hydrogen-bond donors (Lipinski definition) is 0. The Labute approximate surface area is 191 Å². The summed E-state index contributed by atoms with van der Waals surface area (Å²) in [5, 5.41) is 0. The van der Waals surface area contributed by atoms with E-state index in [1.807, 2.05) is 61.5 Å². The number of hydrogen-bond acceptors (Lipinski definition) is 6. The standard InChI is InChI=1S/C27H22O6/c1-3-30-26-16-19(9-14-24(26)31-18(2)28)15-21-17-25(33-27(21)29)20-10-12-23(13-11-20)32-22-7-5-4-6-8-22/h4-17H,3H2,1-2H3/b21-15+. The summed E-state index contributed by atoms with van der Waals surface area (Å²) in [7, 11) is 0. The second-order valence-electron chi connectivity index (χ2n) is 7.17. The summed E-state index contributed by atoms with van der Waals surface area (Å²) in [6.07, 6.45) is 3.39. The SMILES string of the molecule is CCOc1cc(/C=C2\C=C(c3ccc(Oc4ccccc4)cc3)OC2=O)ccc1OC(C)=O. The largest absolute Gasteiger partial charge is 0.490 e. The molecule has 0 saturated carbocycles. The van der Waals surface area contributed by atoms with E-state index >= 15 is 0 Å². The number of carbonyl (C=O) groups is 2. The quantitative estimate of drug-likeness (QED) is 0.262. The highest BCUT2D eigenvalue weighted by Gasteiger charge is 2.22. The molecule has 0 aromatic heterocycles. The topological polar surface area (TPSA) is 71.1 Å². The highest BCUT2D eigenvalue weighted by atomic mass is 16.6. The number of esters is 2. The van der Waals surface area contributed by atoms with Crippen LogP contribution < -0.4 is 14.2 Å². The summed E-state index contributed by atoms with van der Waals surface area (Å²) in [5.74, 6) is 1.75. The zero-order chi connectivity index (χ0) is 23.2. The van der Waals surface area contributed by atoms with Crippen molar-refractivity contribution in [2.75, 3.05) is 6.61 Å². The van der Waals surface area contributed by atoms with E-state index in [0.717, 1.165) is 11.3 Å². The third-order valence-electron chi connectivity index (χ3n) is 4.69. The van der Waals surface area contributed by atoms with Crippen LogP contribution in [-0.4, -0.2) is 18.5 Å². The predicted molar refractivity (Wildman–Crippen MR) is 124 cm³/mol. The van der Waals surface area contributed by atoms with Crippen molar-refractivity contribution in [1.82, 2.24) is 0 Å². The molecule has 0 radical (unpaired) electrons. The highest BCUT2D eigenvalue weighted by Crippen LogP contribution is 2.32. The molecule has 1 aliphatic rings. The van der Waals surface area contributed by atoms with Gasteiger partial charge >= 0.3 is 11.9 Å². The van der Waals surface area contributed by atoms with Crippen LogP contribution in [0.1, 0.15) is 25.0 Å². The molecule has 6 heteroatoms. The van der Waals surface area contributed by atoms with E-state index in [-0.39, 0.29) is 0 Å². The molecule has 33 heavy (non-hydrogen) atoms. The van der Waals surface area contributed by atoms with Gasteiger partial charge in [0.2, 0.25) is 0 Å². The van der Waals surface area contributed by atoms with Crippen LogP contribution in [0.4, 0.5) is 0 Å². The smallest absolute Gasteiger partial charge is 0.343 e. The van der Waals surface area contributed by atoms with Crippen molar-refractivity contribution in [1.29, 1.82) is 0 Å². The fourth-order valence-electron chi connectivity index (χ4n) is 3.24. The number of rotatable bonds is 7. The summed E-state index contributed by atoms with van der Waals surface area (Å²) >= 11 is 0. The van der Waals surface area contributed by atoms with Gasteiger partial charge in [-0.25, -0.2) is 4.79 Å². The van der Waals surface area contributed by atoms with Gasteiger partial charge < -0.3 is 18.9 Å². The molecule has 4 rings (SSSR count). The number of cyclic esters (lactones) is 1. The third-order valence-corrected chi connectivity index (χ3v) is 4.69. The number of ether oxygens (including phenoxy) is 4. The van der Waals surface area contributed by atoms with Gasteiger partial charge in [-0.15, -0.1) is 0 Å². The molecule has 0 bridgehead atoms. The van der Waals surface area contributed by atoms with Gasteiger partial charge in [0.1, 0.15) is 17.3 Å². The molecule has 3 aromatic carbocycles. The van der Waals surface area contributed by atoms with E-state index in [9.17, 15) is 9.59 Å². The predicted octanol–water partition coefficient (Wildman–Crippen LogP) is 5.78. The molecule has 166 valence electrons. The lowest BCUT2D eigenvalue weighted by atomic mass is 10.1. The van der Waals surface area contributed by atoms with Crippen LogP contribution in [0.5, 0.6) is 23.0 Å². The van der Waals surface area contributed by atoms with Crippen LogP contribution in [0.2, 0.25) is 0 Å². The second kappa shape index (κ2) is 9.87. The van der Waals surface area contributed by atoms with Crippen molar-refractivity contribution >= 4 is 23.8 Å². The van der Waals surface area contributed by atoms with Crippen molar-refractivity contribution in [2.45, 2.75) is 13.8 Å². The molecule has 6 nitrogen and oxygen atoms in total. The van der Waals surface area contributed by atoms with E-state index in [2.05, 4.69) is 0 Å². The first-order valence-corrected chi connectivity index (χ1v) is 10.5. The lowest BCUT2D eigenvalue weighted by Crippen LogP contribution is -2.04. The van der Waals surface area contributed by atoms with E-state index in [1.54, 1.807) is 30.4 Å². The van der Waals surface area contributed by atoms with Crippen molar-refractivity contribution in [3.63, 3.8) is 0 Å². The first-order valence-electron chi connectivity index (χ1n) is 10.5. The van der Waals surface area contributed by atoms with Gasteiger partial charge in [-0.1, -0.05) is 24.3 Å². The van der Waals surface area contributed by atoms with Crippen LogP contribution in [0.15, 0.2) is 84.4 Å². The summed E-state index contributed by atoms with van der Waals surface area (Å²) < 4.78 is 22.0. The number of carbonyl (C=O) groups excluding carboxylic acids is 2. The average molecular weight is 442 g/mol. The maximum Gasteiger partial charge on any atom is 0.343 e. The van der Waals surface area contributed by atoms with E-state index in [1.165, 1.54) is 6.92 Å². The van der Waals surface area contributed by atoms with Gasteiger partial charge in [0.25, 0.3) is 0 Å². The van der Waals surface area contributed by atoms with Gasteiger partial charge in [0.05, 0.1) is 12.2 Å². The molecular weight excluding hydrogens is 420 g/mol. The zero-order valence-corrected chi connectivity index (χ0v) is 18.2. The van der Waals surface area contributed by atoms with E-state index in [4.69, 9.17) is 18.9 Å². The fraction of sp³-hybridized carbons (Fsp3) is 0.111. The van der Waals surface area contributed by atoms with Crippen LogP contribution in [-0.2, 0) is 14.3 Å². The Kier molecular flexibility index (Phi) is 6.55. The maximum atomic E-state index is 12.4. The highest BCUT2D eigenvalue weighted by molar-refractivity contribution is 6.05. The third kappa shape index (κ3) is 5.49. The molecule has 3 aromatic rings. The lowest BCUT2D eigenvalue weighted by Gasteiger charge is -2.10. The van der Waals surface area contributed by atoms with Crippen LogP contribution in [0, 0.1) is 0 Å². The van der Waals surface area contributed by atoms with E-state index in [0.29, 0.717) is 40.8 Å². The summed E-state index contributed by atoms with van der Waals surface area (Å²) in [6.45, 7) is 3.57. The molecule has 0 aliphatic carbocycles. The van der Waals surface area contributed by atoms with Crippen molar-refractivity contribution in [3.8, 4) is 23.0 Å². The normalized spacial score (nSPS) is 13.9. The number of benzene rings is 3. The molecule has 1 aliphatic heterocycles. The van der Waals surface area contributed by atoms with Gasteiger partial charge in [-0.05, 0) is 73.2 Å². The molecule has 0 spiro atoms. The Morgan fingerprint density at radius 3 is 2.36 bits per heavy atom. The molecule has 0 atom stereocenters. The Hall–Kier alpha value is -4.32. The lowest BCUT2D eigenvalue weighted by molar-refractivity contribution is -0.132. The summed E-state index contributed by atoms with van der Waals surface area (Å²) in [4.78, 5) is 23.7. The minimum atomic E-state index is -0.448. The van der Waals surface area contributed by atoms with Crippen molar-refractivity contribution in [2.24, 2.45) is 0 Å². The monoisotopic (exact) mass is 442 g/mol. The van der Waals surface area contributed by atoms with Gasteiger partial charge in [-0.3, -0.25) is 4.79 Å². The summed E-state index contributed by atoms with van der Waals surface area (Å²) in [6, 6.07) is 21.9. The molecule has 0 saturated heterocycles. The Bertz CT molecular complexity index is 1220. The van der Waals surface area contributed by atoms with Crippen molar-refractivity contribution < 1.29 is 28.5 Å². The second-order valence-corrected chi connectivity index (χ2v) is 7.17.